The van der Waals surface area contributed by atoms with Gasteiger partial charge in [-0.15, -0.1) is 0 Å². The summed E-state index contributed by atoms with van der Waals surface area (Å²) in [5, 5.41) is 10.3. The van der Waals surface area contributed by atoms with Crippen molar-refractivity contribution in [3.8, 4) is 0 Å². The number of fused-ring (bicyclic) bond motifs is 2. The Balaban J connectivity index is 1.34. The van der Waals surface area contributed by atoms with Crippen LogP contribution in [0.5, 0.6) is 0 Å². The number of aliphatic hydroxyl groups excluding tert-OH is 1. The summed E-state index contributed by atoms with van der Waals surface area (Å²) >= 11 is 0. The number of carbonyl (C=O) groups excluding carboxylic acids is 1. The SMILES string of the molecule is O=C(c1ccccc1)N1C[C@H]2C[C@@H](O)CN2C2(CN(Cc3cccnc3)C2)C1. The molecule has 4 heterocycles. The normalized spacial score (nSPS) is 26.8. The molecule has 6 nitrogen and oxygen atoms in total. The second-order valence-electron chi connectivity index (χ2n) is 8.48. The van der Waals surface area contributed by atoms with E-state index in [1.165, 1.54) is 5.56 Å². The summed E-state index contributed by atoms with van der Waals surface area (Å²) in [6.07, 6.45) is 4.18. The van der Waals surface area contributed by atoms with Crippen LogP contribution in [0.2, 0.25) is 0 Å². The minimum absolute atomic E-state index is 0.0486. The van der Waals surface area contributed by atoms with E-state index < -0.39 is 0 Å². The van der Waals surface area contributed by atoms with Crippen molar-refractivity contribution in [2.24, 2.45) is 0 Å². The molecule has 0 radical (unpaired) electrons. The Bertz CT molecular complexity index is 838. The molecule has 1 amide bonds. The summed E-state index contributed by atoms with van der Waals surface area (Å²) in [6.45, 7) is 4.87. The lowest BCUT2D eigenvalue weighted by atomic mass is 9.83. The van der Waals surface area contributed by atoms with Gasteiger partial charge in [-0.3, -0.25) is 19.6 Å². The summed E-state index contributed by atoms with van der Waals surface area (Å²) in [6, 6.07) is 13.9. The highest BCUT2D eigenvalue weighted by atomic mass is 16.3. The van der Waals surface area contributed by atoms with Crippen LogP contribution in [0.25, 0.3) is 0 Å². The molecule has 2 aromatic rings. The number of amides is 1. The van der Waals surface area contributed by atoms with Crippen LogP contribution in [0.1, 0.15) is 22.3 Å². The highest BCUT2D eigenvalue weighted by Crippen LogP contribution is 2.39. The van der Waals surface area contributed by atoms with Crippen molar-refractivity contribution in [3.05, 3.63) is 66.0 Å². The van der Waals surface area contributed by atoms with Gasteiger partial charge in [-0.1, -0.05) is 24.3 Å². The predicted octanol–water partition coefficient (Wildman–Crippen LogP) is 1.23. The van der Waals surface area contributed by atoms with E-state index in [0.29, 0.717) is 6.54 Å². The molecule has 0 unspecified atom stereocenters. The summed E-state index contributed by atoms with van der Waals surface area (Å²) in [5.74, 6) is 0.103. The Hall–Kier alpha value is -2.28. The van der Waals surface area contributed by atoms with Gasteiger partial charge < -0.3 is 10.0 Å². The highest BCUT2D eigenvalue weighted by molar-refractivity contribution is 5.94. The second kappa shape index (κ2) is 6.95. The van der Waals surface area contributed by atoms with Gasteiger partial charge in [0.2, 0.25) is 0 Å². The number of aliphatic hydroxyl groups is 1. The Labute approximate surface area is 165 Å². The third-order valence-electron chi connectivity index (χ3n) is 6.39. The van der Waals surface area contributed by atoms with E-state index in [1.54, 1.807) is 6.20 Å². The lowest BCUT2D eigenvalue weighted by Crippen LogP contribution is -2.78. The molecule has 3 aliphatic rings. The molecule has 3 aliphatic heterocycles. The van der Waals surface area contributed by atoms with Crippen LogP contribution in [-0.4, -0.2) is 81.1 Å². The van der Waals surface area contributed by atoms with Gasteiger partial charge in [0.05, 0.1) is 11.6 Å². The van der Waals surface area contributed by atoms with Crippen molar-refractivity contribution < 1.29 is 9.90 Å². The van der Waals surface area contributed by atoms with Gasteiger partial charge in [0.1, 0.15) is 0 Å². The van der Waals surface area contributed by atoms with Crippen molar-refractivity contribution in [2.45, 2.75) is 30.7 Å². The van der Waals surface area contributed by atoms with E-state index >= 15 is 0 Å². The van der Waals surface area contributed by atoms with Crippen LogP contribution in [0.3, 0.4) is 0 Å². The minimum Gasteiger partial charge on any atom is -0.392 e. The fourth-order valence-corrected chi connectivity index (χ4v) is 5.26. The molecule has 146 valence electrons. The molecule has 0 saturated carbocycles. The van der Waals surface area contributed by atoms with Crippen LogP contribution >= 0.6 is 0 Å². The van der Waals surface area contributed by atoms with Gasteiger partial charge in [-0.25, -0.2) is 0 Å². The summed E-state index contributed by atoms with van der Waals surface area (Å²) in [4.78, 5) is 24.2. The molecule has 28 heavy (non-hydrogen) atoms. The van der Waals surface area contributed by atoms with Crippen molar-refractivity contribution in [1.29, 1.82) is 0 Å². The van der Waals surface area contributed by atoms with Crippen molar-refractivity contribution in [3.63, 3.8) is 0 Å². The number of hydrogen-bond acceptors (Lipinski definition) is 5. The first kappa shape index (κ1) is 17.8. The second-order valence-corrected chi connectivity index (χ2v) is 8.48. The summed E-state index contributed by atoms with van der Waals surface area (Å²) in [7, 11) is 0. The molecule has 1 spiro atoms. The maximum Gasteiger partial charge on any atom is 0.253 e. The molecule has 1 aromatic carbocycles. The zero-order valence-electron chi connectivity index (χ0n) is 15.9. The standard InChI is InChI=1S/C22H26N4O2/c27-20-9-19-12-25(21(28)18-6-2-1-3-7-18)16-22(26(19)13-20)14-24(15-22)11-17-5-4-8-23-10-17/h1-8,10,19-20,27H,9,11-16H2/t19-,20-/m1/s1. The lowest BCUT2D eigenvalue weighted by molar-refractivity contribution is -0.108. The van der Waals surface area contributed by atoms with Crippen LogP contribution < -0.4 is 0 Å². The molecule has 3 fully saturated rings. The van der Waals surface area contributed by atoms with Gasteiger partial charge >= 0.3 is 0 Å². The molecular weight excluding hydrogens is 352 g/mol. The van der Waals surface area contributed by atoms with Crippen molar-refractivity contribution in [2.75, 3.05) is 32.7 Å². The minimum atomic E-state index is -0.291. The van der Waals surface area contributed by atoms with Crippen molar-refractivity contribution in [1.82, 2.24) is 19.7 Å². The average molecular weight is 378 g/mol. The number of benzene rings is 1. The van der Waals surface area contributed by atoms with Crippen LogP contribution in [0.4, 0.5) is 0 Å². The third-order valence-corrected chi connectivity index (χ3v) is 6.39. The predicted molar refractivity (Wildman–Crippen MR) is 106 cm³/mol. The largest absolute Gasteiger partial charge is 0.392 e. The van der Waals surface area contributed by atoms with E-state index in [9.17, 15) is 9.90 Å². The molecule has 1 N–H and O–H groups in total. The average Bonchev–Trinajstić information content (AvgIpc) is 3.08. The smallest absolute Gasteiger partial charge is 0.253 e. The Morgan fingerprint density at radius 1 is 1.11 bits per heavy atom. The van der Waals surface area contributed by atoms with Crippen LogP contribution in [-0.2, 0) is 6.54 Å². The maximum atomic E-state index is 13.1. The summed E-state index contributed by atoms with van der Waals surface area (Å²) in [5.41, 5.74) is 1.91. The molecule has 1 aromatic heterocycles. The van der Waals surface area contributed by atoms with Gasteiger partial charge in [-0.2, -0.15) is 0 Å². The van der Waals surface area contributed by atoms with Gasteiger partial charge in [0, 0.05) is 63.3 Å². The van der Waals surface area contributed by atoms with Crippen LogP contribution in [0, 0.1) is 0 Å². The van der Waals surface area contributed by atoms with E-state index in [2.05, 4.69) is 20.9 Å². The Kier molecular flexibility index (Phi) is 4.42. The van der Waals surface area contributed by atoms with E-state index in [1.807, 2.05) is 47.5 Å². The first-order chi connectivity index (χ1) is 13.6. The lowest BCUT2D eigenvalue weighted by Gasteiger charge is -2.61. The third kappa shape index (κ3) is 3.11. The molecule has 0 aliphatic carbocycles. The number of hydrogen-bond donors (Lipinski definition) is 1. The molecular formula is C22H26N4O2. The maximum absolute atomic E-state index is 13.1. The van der Waals surface area contributed by atoms with Gasteiger partial charge in [-0.05, 0) is 30.2 Å². The van der Waals surface area contributed by atoms with Gasteiger partial charge in [0.15, 0.2) is 0 Å². The highest BCUT2D eigenvalue weighted by Gasteiger charge is 2.56. The number of aromatic nitrogens is 1. The quantitative estimate of drug-likeness (QED) is 0.871. The first-order valence-electron chi connectivity index (χ1n) is 10.0. The Morgan fingerprint density at radius 2 is 1.93 bits per heavy atom. The molecule has 3 saturated heterocycles. The number of rotatable bonds is 3. The van der Waals surface area contributed by atoms with E-state index in [-0.39, 0.29) is 23.6 Å². The number of pyridine rings is 1. The van der Waals surface area contributed by atoms with Crippen molar-refractivity contribution >= 4 is 5.91 Å². The zero-order chi connectivity index (χ0) is 19.1. The number of β-amino-alcohol motifs (C(OH)–C–C–N with tert-alkyl or cyclic N) is 1. The summed E-state index contributed by atoms with van der Waals surface area (Å²) < 4.78 is 0. The number of piperazine rings is 1. The Morgan fingerprint density at radius 3 is 2.68 bits per heavy atom. The molecule has 0 bridgehead atoms. The topological polar surface area (TPSA) is 59.9 Å². The van der Waals surface area contributed by atoms with Gasteiger partial charge in [0.25, 0.3) is 5.91 Å². The fourth-order valence-electron chi connectivity index (χ4n) is 5.26. The zero-order valence-corrected chi connectivity index (χ0v) is 15.9. The monoisotopic (exact) mass is 378 g/mol. The van der Waals surface area contributed by atoms with E-state index in [4.69, 9.17) is 0 Å². The number of carbonyl (C=O) groups is 1. The molecule has 2 atom stereocenters. The molecule has 5 rings (SSSR count). The molecule has 6 heteroatoms. The van der Waals surface area contributed by atoms with E-state index in [0.717, 1.165) is 44.7 Å². The number of likely N-dealkylation sites (tertiary alicyclic amines) is 1. The first-order valence-corrected chi connectivity index (χ1v) is 10.0. The fraction of sp³-hybridized carbons (Fsp3) is 0.455. The number of nitrogens with zero attached hydrogens (tertiary/aromatic N) is 4. The van der Waals surface area contributed by atoms with Crippen LogP contribution in [0.15, 0.2) is 54.9 Å².